The van der Waals surface area contributed by atoms with Crippen LogP contribution in [0.5, 0.6) is 5.75 Å². The molecular weight excluding hydrogens is 301 g/mol. The lowest BCUT2D eigenvalue weighted by Gasteiger charge is -2.07. The third-order valence-corrected chi connectivity index (χ3v) is 3.07. The van der Waals surface area contributed by atoms with Crippen molar-refractivity contribution in [2.45, 2.75) is 6.42 Å². The number of carbonyl (C=O) groups excluding carboxylic acids is 1. The molecule has 0 saturated heterocycles. The Balaban J connectivity index is 2.06. The molecule has 1 amide bonds. The van der Waals surface area contributed by atoms with Gasteiger partial charge in [-0.15, -0.1) is 0 Å². The Morgan fingerprint density at radius 3 is 2.50 bits per heavy atom. The first kappa shape index (κ1) is 14.4. The molecule has 7 heteroatoms. The highest BCUT2D eigenvalue weighted by atomic mass is 35.5. The largest absolute Gasteiger partial charge is 0.505 e. The Hall–Kier alpha value is -1.98. The predicted octanol–water partition coefficient (Wildman–Crippen LogP) is 2.86. The van der Waals surface area contributed by atoms with Crippen molar-refractivity contribution in [1.82, 2.24) is 4.98 Å². The fourth-order valence-electron chi connectivity index (χ4n) is 1.55. The van der Waals surface area contributed by atoms with Crippen LogP contribution in [0.2, 0.25) is 10.0 Å². The van der Waals surface area contributed by atoms with Crippen LogP contribution in [0.1, 0.15) is 5.69 Å². The second kappa shape index (κ2) is 5.98. The fourth-order valence-corrected chi connectivity index (χ4v) is 2.03. The normalized spacial score (nSPS) is 10.3. The molecule has 0 bridgehead atoms. The third-order valence-electron chi connectivity index (χ3n) is 2.49. The number of phenolic OH excluding ortho intramolecular Hbond substituents is 1. The number of carbonyl (C=O) groups is 1. The molecule has 0 atom stereocenters. The highest BCUT2D eigenvalue weighted by molar-refractivity contribution is 6.37. The zero-order valence-corrected chi connectivity index (χ0v) is 11.7. The molecule has 2 aromatic rings. The number of hydrogen-bond donors (Lipinski definition) is 3. The summed E-state index contributed by atoms with van der Waals surface area (Å²) >= 11 is 11.5. The average molecular weight is 312 g/mol. The van der Waals surface area contributed by atoms with E-state index in [2.05, 4.69) is 10.3 Å². The van der Waals surface area contributed by atoms with Crippen molar-refractivity contribution >= 4 is 40.5 Å². The molecule has 1 heterocycles. The summed E-state index contributed by atoms with van der Waals surface area (Å²) in [6.07, 6.45) is 1.58. The van der Waals surface area contributed by atoms with Gasteiger partial charge >= 0.3 is 0 Å². The number of nitrogens with zero attached hydrogens (tertiary/aromatic N) is 1. The molecule has 0 fully saturated rings. The van der Waals surface area contributed by atoms with Crippen molar-refractivity contribution in [3.63, 3.8) is 0 Å². The lowest BCUT2D eigenvalue weighted by atomic mass is 10.2. The predicted molar refractivity (Wildman–Crippen MR) is 79.1 cm³/mol. The number of hydrogen-bond acceptors (Lipinski definition) is 4. The maximum absolute atomic E-state index is 11.8. The van der Waals surface area contributed by atoms with E-state index in [1.54, 1.807) is 12.1 Å². The number of benzene rings is 1. The van der Waals surface area contributed by atoms with Gasteiger partial charge in [0.15, 0.2) is 5.75 Å². The van der Waals surface area contributed by atoms with Crippen LogP contribution in [-0.4, -0.2) is 16.0 Å². The van der Waals surface area contributed by atoms with E-state index in [4.69, 9.17) is 28.9 Å². The van der Waals surface area contributed by atoms with Gasteiger partial charge in [0, 0.05) is 11.4 Å². The minimum atomic E-state index is -0.278. The number of nitrogens with two attached hydrogens (primary N) is 1. The number of amides is 1. The molecule has 0 unspecified atom stereocenters. The third kappa shape index (κ3) is 3.53. The SMILES string of the molecule is Nc1ccc(CC(=O)Nc2cc(Cl)c(O)c(Cl)c2)nc1. The quantitative estimate of drug-likeness (QED) is 0.760. The van der Waals surface area contributed by atoms with E-state index < -0.39 is 0 Å². The number of anilines is 2. The van der Waals surface area contributed by atoms with Crippen molar-refractivity contribution in [3.8, 4) is 5.75 Å². The Morgan fingerprint density at radius 1 is 1.30 bits per heavy atom. The molecule has 4 N–H and O–H groups in total. The molecule has 0 aliphatic carbocycles. The summed E-state index contributed by atoms with van der Waals surface area (Å²) in [7, 11) is 0. The second-order valence-corrected chi connectivity index (χ2v) is 4.91. The van der Waals surface area contributed by atoms with Gasteiger partial charge in [0.2, 0.25) is 5.91 Å². The van der Waals surface area contributed by atoms with E-state index in [1.165, 1.54) is 18.3 Å². The van der Waals surface area contributed by atoms with Crippen LogP contribution in [-0.2, 0) is 11.2 Å². The minimum absolute atomic E-state index is 0.0680. The lowest BCUT2D eigenvalue weighted by molar-refractivity contribution is -0.115. The Morgan fingerprint density at radius 2 is 1.95 bits per heavy atom. The number of phenols is 1. The van der Waals surface area contributed by atoms with Crippen LogP contribution >= 0.6 is 23.2 Å². The molecule has 1 aromatic heterocycles. The zero-order valence-electron chi connectivity index (χ0n) is 10.2. The molecule has 2 rings (SSSR count). The van der Waals surface area contributed by atoms with Gasteiger partial charge in [-0.2, -0.15) is 0 Å². The van der Waals surface area contributed by atoms with Crippen LogP contribution in [0.4, 0.5) is 11.4 Å². The highest BCUT2D eigenvalue weighted by Gasteiger charge is 2.10. The summed E-state index contributed by atoms with van der Waals surface area (Å²) in [5.74, 6) is -0.494. The van der Waals surface area contributed by atoms with Gasteiger partial charge in [0.25, 0.3) is 0 Å². The van der Waals surface area contributed by atoms with Gasteiger partial charge in [-0.25, -0.2) is 0 Å². The zero-order chi connectivity index (χ0) is 14.7. The van der Waals surface area contributed by atoms with E-state index in [-0.39, 0.29) is 28.1 Å². The van der Waals surface area contributed by atoms with E-state index in [9.17, 15) is 9.90 Å². The van der Waals surface area contributed by atoms with Gasteiger partial charge in [0.1, 0.15) is 0 Å². The van der Waals surface area contributed by atoms with Gasteiger partial charge in [-0.1, -0.05) is 23.2 Å². The number of nitrogens with one attached hydrogen (secondary N) is 1. The lowest BCUT2D eigenvalue weighted by Crippen LogP contribution is -2.15. The molecule has 0 radical (unpaired) electrons. The van der Waals surface area contributed by atoms with E-state index >= 15 is 0 Å². The second-order valence-electron chi connectivity index (χ2n) is 4.10. The number of aromatic hydroxyl groups is 1. The first-order valence-electron chi connectivity index (χ1n) is 5.64. The van der Waals surface area contributed by atoms with Gasteiger partial charge < -0.3 is 16.2 Å². The van der Waals surface area contributed by atoms with E-state index in [0.717, 1.165) is 0 Å². The first-order valence-corrected chi connectivity index (χ1v) is 6.39. The van der Waals surface area contributed by atoms with Gasteiger partial charge in [-0.05, 0) is 24.3 Å². The molecule has 5 nitrogen and oxygen atoms in total. The van der Waals surface area contributed by atoms with Crippen molar-refractivity contribution in [3.05, 3.63) is 46.2 Å². The van der Waals surface area contributed by atoms with Gasteiger partial charge in [-0.3, -0.25) is 9.78 Å². The van der Waals surface area contributed by atoms with Crippen LogP contribution in [0.3, 0.4) is 0 Å². The van der Waals surface area contributed by atoms with Crippen LogP contribution < -0.4 is 11.1 Å². The summed E-state index contributed by atoms with van der Waals surface area (Å²) in [6.45, 7) is 0. The Kier molecular flexibility index (Phi) is 4.32. The molecule has 0 aliphatic rings. The van der Waals surface area contributed by atoms with Crippen molar-refractivity contribution in [1.29, 1.82) is 0 Å². The van der Waals surface area contributed by atoms with Crippen molar-refractivity contribution in [2.24, 2.45) is 0 Å². The molecule has 1 aromatic carbocycles. The van der Waals surface area contributed by atoms with Crippen LogP contribution in [0.15, 0.2) is 30.5 Å². The number of aromatic nitrogens is 1. The summed E-state index contributed by atoms with van der Waals surface area (Å²) in [5, 5.41) is 12.2. The van der Waals surface area contributed by atoms with E-state index in [0.29, 0.717) is 17.1 Å². The summed E-state index contributed by atoms with van der Waals surface area (Å²) in [6, 6.07) is 6.17. The maximum atomic E-state index is 11.8. The number of nitrogen functional groups attached to an aromatic ring is 1. The van der Waals surface area contributed by atoms with Crippen LogP contribution in [0.25, 0.3) is 0 Å². The number of halogens is 2. The summed E-state index contributed by atoms with van der Waals surface area (Å²) in [5.41, 5.74) is 7.04. The minimum Gasteiger partial charge on any atom is -0.505 e. The molecule has 0 saturated carbocycles. The number of rotatable bonds is 3. The smallest absolute Gasteiger partial charge is 0.230 e. The molecule has 0 aliphatic heterocycles. The Labute approximate surface area is 125 Å². The maximum Gasteiger partial charge on any atom is 0.230 e. The molecule has 20 heavy (non-hydrogen) atoms. The van der Waals surface area contributed by atoms with Crippen molar-refractivity contribution in [2.75, 3.05) is 11.1 Å². The molecule has 0 spiro atoms. The summed E-state index contributed by atoms with van der Waals surface area (Å²) < 4.78 is 0. The first-order chi connectivity index (χ1) is 9.45. The van der Waals surface area contributed by atoms with Crippen molar-refractivity contribution < 1.29 is 9.90 Å². The molecule has 104 valence electrons. The Bertz CT molecular complexity index is 622. The fraction of sp³-hybridized carbons (Fsp3) is 0.0769. The standard InChI is InChI=1S/C13H11Cl2N3O2/c14-10-3-9(4-11(15)13(10)20)18-12(19)5-8-2-1-7(16)6-17-8/h1-4,6,20H,5,16H2,(H,18,19). The highest BCUT2D eigenvalue weighted by Crippen LogP contribution is 2.34. The average Bonchev–Trinajstić information content (AvgIpc) is 2.38. The van der Waals surface area contributed by atoms with E-state index in [1.807, 2.05) is 0 Å². The topological polar surface area (TPSA) is 88.2 Å². The molecular formula is C13H11Cl2N3O2. The number of pyridine rings is 1. The van der Waals surface area contributed by atoms with Gasteiger partial charge in [0.05, 0.1) is 28.4 Å². The van der Waals surface area contributed by atoms with Crippen LogP contribution in [0, 0.1) is 0 Å². The summed E-state index contributed by atoms with van der Waals surface area (Å²) in [4.78, 5) is 15.9. The monoisotopic (exact) mass is 311 g/mol.